The highest BCUT2D eigenvalue weighted by Gasteiger charge is 2.13. The van der Waals surface area contributed by atoms with Gasteiger partial charge < -0.3 is 9.88 Å². The van der Waals surface area contributed by atoms with Crippen molar-refractivity contribution in [3.63, 3.8) is 0 Å². The predicted octanol–water partition coefficient (Wildman–Crippen LogP) is 4.17. The van der Waals surface area contributed by atoms with Gasteiger partial charge in [0.1, 0.15) is 11.6 Å². The van der Waals surface area contributed by atoms with E-state index in [0.717, 1.165) is 34.7 Å². The van der Waals surface area contributed by atoms with Gasteiger partial charge in [0, 0.05) is 36.9 Å². The van der Waals surface area contributed by atoms with Crippen LogP contribution in [0.4, 0.5) is 0 Å². The van der Waals surface area contributed by atoms with Crippen LogP contribution < -0.4 is 5.32 Å². The number of rotatable bonds is 7. The molecule has 0 radical (unpaired) electrons. The maximum Gasteiger partial charge on any atom is 0.262 e. The van der Waals surface area contributed by atoms with Crippen molar-refractivity contribution in [3.05, 3.63) is 76.9 Å². The zero-order valence-electron chi connectivity index (χ0n) is 17.9. The third kappa shape index (κ3) is 4.87. The molecule has 1 amide bonds. The average molecular weight is 402 g/mol. The van der Waals surface area contributed by atoms with Crippen molar-refractivity contribution in [2.45, 2.75) is 40.8 Å². The topological polar surface area (TPSA) is 75.6 Å². The first kappa shape index (κ1) is 21.1. The van der Waals surface area contributed by atoms with E-state index in [1.54, 1.807) is 17.0 Å². The Balaban J connectivity index is 1.69. The molecular formula is C24H27N5O. The third-order valence-corrected chi connectivity index (χ3v) is 4.98. The molecule has 1 N–H and O–H groups in total. The summed E-state index contributed by atoms with van der Waals surface area (Å²) < 4.78 is 4.00. The highest BCUT2D eigenvalue weighted by molar-refractivity contribution is 6.01. The number of aromatic nitrogens is 3. The van der Waals surface area contributed by atoms with Crippen LogP contribution >= 0.6 is 0 Å². The summed E-state index contributed by atoms with van der Waals surface area (Å²) in [6.45, 7) is 9.67. The highest BCUT2D eigenvalue weighted by Crippen LogP contribution is 2.20. The second-order valence-electron chi connectivity index (χ2n) is 7.80. The lowest BCUT2D eigenvalue weighted by Crippen LogP contribution is -2.24. The van der Waals surface area contributed by atoms with E-state index in [4.69, 9.17) is 0 Å². The van der Waals surface area contributed by atoms with E-state index in [9.17, 15) is 10.1 Å². The Kier molecular flexibility index (Phi) is 6.53. The SMILES string of the molecule is Cc1cc(C=C(C#N)C(=O)NCc2ccc(-n3cccn3)cc2)c(C)n1CC(C)C. The molecule has 30 heavy (non-hydrogen) atoms. The van der Waals surface area contributed by atoms with Gasteiger partial charge in [-0.3, -0.25) is 4.79 Å². The van der Waals surface area contributed by atoms with Crippen LogP contribution in [-0.4, -0.2) is 20.3 Å². The highest BCUT2D eigenvalue weighted by atomic mass is 16.1. The summed E-state index contributed by atoms with van der Waals surface area (Å²) in [6.07, 6.45) is 5.28. The molecule has 154 valence electrons. The van der Waals surface area contributed by atoms with Crippen molar-refractivity contribution >= 4 is 12.0 Å². The molecule has 0 bridgehead atoms. The molecule has 3 aromatic rings. The number of nitrogens with one attached hydrogen (secondary N) is 1. The van der Waals surface area contributed by atoms with Crippen LogP contribution in [0.25, 0.3) is 11.8 Å². The molecule has 2 heterocycles. The van der Waals surface area contributed by atoms with E-state index in [1.165, 1.54) is 0 Å². The molecule has 6 nitrogen and oxygen atoms in total. The lowest BCUT2D eigenvalue weighted by atomic mass is 10.1. The summed E-state index contributed by atoms with van der Waals surface area (Å²) >= 11 is 0. The standard InChI is InChI=1S/C24H27N5O/c1-17(2)16-28-18(3)12-21(19(28)4)13-22(14-25)24(30)26-15-20-6-8-23(9-7-20)29-11-5-10-27-29/h5-13,17H,15-16H2,1-4H3,(H,26,30). The minimum atomic E-state index is -0.373. The fraction of sp³-hybridized carbons (Fsp3) is 0.292. The molecule has 0 atom stereocenters. The minimum Gasteiger partial charge on any atom is -0.348 e. The Morgan fingerprint density at radius 1 is 1.27 bits per heavy atom. The van der Waals surface area contributed by atoms with E-state index in [-0.39, 0.29) is 11.5 Å². The number of carbonyl (C=O) groups is 1. The Morgan fingerprint density at radius 2 is 2.00 bits per heavy atom. The van der Waals surface area contributed by atoms with Gasteiger partial charge in [0.05, 0.1) is 5.69 Å². The molecule has 0 spiro atoms. The fourth-order valence-corrected chi connectivity index (χ4v) is 3.39. The number of amides is 1. The number of benzene rings is 1. The largest absolute Gasteiger partial charge is 0.348 e. The average Bonchev–Trinajstić information content (AvgIpc) is 3.35. The van der Waals surface area contributed by atoms with Crippen LogP contribution in [0.5, 0.6) is 0 Å². The monoisotopic (exact) mass is 401 g/mol. The zero-order chi connectivity index (χ0) is 21.7. The van der Waals surface area contributed by atoms with Gasteiger partial charge in [-0.05, 0) is 61.2 Å². The molecule has 0 aliphatic rings. The number of aryl methyl sites for hydroxylation is 1. The van der Waals surface area contributed by atoms with E-state index in [1.807, 2.05) is 62.5 Å². The number of hydrogen-bond donors (Lipinski definition) is 1. The van der Waals surface area contributed by atoms with Gasteiger partial charge in [0.25, 0.3) is 5.91 Å². The van der Waals surface area contributed by atoms with E-state index < -0.39 is 0 Å². The summed E-state index contributed by atoms with van der Waals surface area (Å²) in [5.74, 6) is 0.146. The van der Waals surface area contributed by atoms with E-state index in [2.05, 4.69) is 28.8 Å². The minimum absolute atomic E-state index is 0.105. The van der Waals surface area contributed by atoms with Crippen LogP contribution in [0, 0.1) is 31.1 Å². The van der Waals surface area contributed by atoms with Crippen LogP contribution in [-0.2, 0) is 17.9 Å². The summed E-state index contributed by atoms with van der Waals surface area (Å²) in [7, 11) is 0. The second-order valence-corrected chi connectivity index (χ2v) is 7.80. The van der Waals surface area contributed by atoms with Gasteiger partial charge in [-0.1, -0.05) is 26.0 Å². The Bertz CT molecular complexity index is 1080. The first-order valence-electron chi connectivity index (χ1n) is 10.0. The second kappa shape index (κ2) is 9.27. The molecular weight excluding hydrogens is 374 g/mol. The number of hydrogen-bond acceptors (Lipinski definition) is 3. The van der Waals surface area contributed by atoms with Crippen LogP contribution in [0.3, 0.4) is 0 Å². The van der Waals surface area contributed by atoms with Crippen molar-refractivity contribution in [3.8, 4) is 11.8 Å². The maximum absolute atomic E-state index is 12.6. The molecule has 0 saturated carbocycles. The lowest BCUT2D eigenvalue weighted by molar-refractivity contribution is -0.117. The van der Waals surface area contributed by atoms with Crippen LogP contribution in [0.2, 0.25) is 0 Å². The summed E-state index contributed by atoms with van der Waals surface area (Å²) in [5.41, 5.74) is 5.10. The zero-order valence-corrected chi connectivity index (χ0v) is 17.9. The molecule has 0 aliphatic carbocycles. The predicted molar refractivity (Wildman–Crippen MR) is 118 cm³/mol. The number of carbonyl (C=O) groups excluding carboxylic acids is 1. The third-order valence-electron chi connectivity index (χ3n) is 4.98. The van der Waals surface area contributed by atoms with Crippen LogP contribution in [0.1, 0.15) is 36.4 Å². The van der Waals surface area contributed by atoms with Gasteiger partial charge in [-0.2, -0.15) is 10.4 Å². The first-order chi connectivity index (χ1) is 14.4. The quantitative estimate of drug-likeness (QED) is 0.477. The Hall–Kier alpha value is -3.59. The van der Waals surface area contributed by atoms with Crippen molar-refractivity contribution in [1.82, 2.24) is 19.7 Å². The van der Waals surface area contributed by atoms with Gasteiger partial charge in [-0.25, -0.2) is 4.68 Å². The Labute approximate surface area is 177 Å². The summed E-state index contributed by atoms with van der Waals surface area (Å²) in [5, 5.41) is 16.5. The number of nitrogens with zero attached hydrogens (tertiary/aromatic N) is 4. The van der Waals surface area contributed by atoms with Gasteiger partial charge >= 0.3 is 0 Å². The number of nitriles is 1. The van der Waals surface area contributed by atoms with Crippen LogP contribution in [0.15, 0.2) is 54.4 Å². The summed E-state index contributed by atoms with van der Waals surface area (Å²) in [4.78, 5) is 12.6. The molecule has 2 aromatic heterocycles. The lowest BCUT2D eigenvalue weighted by Gasteiger charge is -2.12. The molecule has 6 heteroatoms. The van der Waals surface area contributed by atoms with Gasteiger partial charge in [-0.15, -0.1) is 0 Å². The molecule has 0 unspecified atom stereocenters. The Morgan fingerprint density at radius 3 is 2.60 bits per heavy atom. The molecule has 1 aromatic carbocycles. The molecule has 0 aliphatic heterocycles. The summed E-state index contributed by atoms with van der Waals surface area (Å²) in [6, 6.07) is 13.7. The van der Waals surface area contributed by atoms with E-state index >= 15 is 0 Å². The van der Waals surface area contributed by atoms with Gasteiger partial charge in [0.2, 0.25) is 0 Å². The molecule has 0 fully saturated rings. The van der Waals surface area contributed by atoms with Crippen molar-refractivity contribution in [2.75, 3.05) is 0 Å². The van der Waals surface area contributed by atoms with Gasteiger partial charge in [0.15, 0.2) is 0 Å². The fourth-order valence-electron chi connectivity index (χ4n) is 3.39. The van der Waals surface area contributed by atoms with Crippen molar-refractivity contribution < 1.29 is 4.79 Å². The van der Waals surface area contributed by atoms with Crippen molar-refractivity contribution in [2.24, 2.45) is 5.92 Å². The smallest absolute Gasteiger partial charge is 0.262 e. The maximum atomic E-state index is 12.6. The molecule has 0 saturated heterocycles. The van der Waals surface area contributed by atoms with Crippen molar-refractivity contribution in [1.29, 1.82) is 5.26 Å². The van der Waals surface area contributed by atoms with E-state index in [0.29, 0.717) is 12.5 Å². The first-order valence-corrected chi connectivity index (χ1v) is 10.0. The molecule has 3 rings (SSSR count). The normalized spacial score (nSPS) is 11.5.